The van der Waals surface area contributed by atoms with Crippen LogP contribution in [-0.2, 0) is 14.3 Å². The number of rotatable bonds is 7. The van der Waals surface area contributed by atoms with E-state index in [0.29, 0.717) is 25.7 Å². The predicted octanol–water partition coefficient (Wildman–Crippen LogP) is 1.03. The van der Waals surface area contributed by atoms with Crippen molar-refractivity contribution in [1.82, 2.24) is 9.80 Å². The molecule has 23 heavy (non-hydrogen) atoms. The lowest BCUT2D eigenvalue weighted by Crippen LogP contribution is -2.47. The highest BCUT2D eigenvalue weighted by molar-refractivity contribution is 5.80. The summed E-state index contributed by atoms with van der Waals surface area (Å²) in [6.07, 6.45) is 5.65. The molecule has 0 aliphatic carbocycles. The highest BCUT2D eigenvalue weighted by Gasteiger charge is 2.32. The van der Waals surface area contributed by atoms with E-state index in [0.717, 1.165) is 51.6 Å². The van der Waals surface area contributed by atoms with E-state index in [2.05, 4.69) is 4.90 Å². The van der Waals surface area contributed by atoms with Crippen molar-refractivity contribution in [2.45, 2.75) is 51.5 Å². The zero-order valence-corrected chi connectivity index (χ0v) is 14.2. The van der Waals surface area contributed by atoms with Gasteiger partial charge in [0.2, 0.25) is 5.91 Å². The van der Waals surface area contributed by atoms with Crippen LogP contribution in [0.3, 0.4) is 0 Å². The van der Waals surface area contributed by atoms with Crippen LogP contribution in [0.25, 0.3) is 0 Å². The second-order valence-corrected chi connectivity index (χ2v) is 6.56. The molecule has 0 spiro atoms. The summed E-state index contributed by atoms with van der Waals surface area (Å²) in [6, 6.07) is 0.414. The van der Waals surface area contributed by atoms with Gasteiger partial charge in [-0.15, -0.1) is 0 Å². The van der Waals surface area contributed by atoms with Gasteiger partial charge in [0.15, 0.2) is 0 Å². The number of aliphatic hydroxyl groups is 1. The first kappa shape index (κ1) is 18.2. The number of ether oxygens (including phenoxy) is 1. The number of carbonyl (C=O) groups is 2. The van der Waals surface area contributed by atoms with Gasteiger partial charge >= 0.3 is 5.97 Å². The van der Waals surface area contributed by atoms with Gasteiger partial charge in [-0.1, -0.05) is 0 Å². The van der Waals surface area contributed by atoms with Crippen molar-refractivity contribution in [2.24, 2.45) is 5.92 Å². The highest BCUT2D eigenvalue weighted by atomic mass is 16.5. The van der Waals surface area contributed by atoms with Crippen LogP contribution in [0.5, 0.6) is 0 Å². The molecule has 6 heteroatoms. The molecule has 6 nitrogen and oxygen atoms in total. The molecule has 2 aliphatic heterocycles. The molecular weight excluding hydrogens is 296 g/mol. The molecule has 2 fully saturated rings. The van der Waals surface area contributed by atoms with E-state index < -0.39 is 0 Å². The molecule has 132 valence electrons. The van der Waals surface area contributed by atoms with Crippen molar-refractivity contribution in [2.75, 3.05) is 39.4 Å². The normalized spacial score (nSPS) is 25.6. The standard InChI is InChI=1S/C17H30N2O4/c1-2-23-17(22)14-6-3-10-19(12-14)16(21)13-18-9-4-7-15(18)8-5-11-20/h14-15,20H,2-13H2,1H3/t14-,15-/m1/s1. The summed E-state index contributed by atoms with van der Waals surface area (Å²) in [5, 5.41) is 8.99. The molecule has 2 atom stereocenters. The third-order valence-corrected chi connectivity index (χ3v) is 4.93. The SMILES string of the molecule is CCOC(=O)[C@@H]1CCCN(C(=O)CN2CCC[C@@H]2CCCO)C1. The number of likely N-dealkylation sites (tertiary alicyclic amines) is 2. The molecular formula is C17H30N2O4. The molecule has 0 unspecified atom stereocenters. The third-order valence-electron chi connectivity index (χ3n) is 4.93. The third kappa shape index (κ3) is 5.18. The number of esters is 1. The fraction of sp³-hybridized carbons (Fsp3) is 0.882. The van der Waals surface area contributed by atoms with Crippen molar-refractivity contribution in [3.8, 4) is 0 Å². The number of hydrogen-bond donors (Lipinski definition) is 1. The minimum Gasteiger partial charge on any atom is -0.466 e. The monoisotopic (exact) mass is 326 g/mol. The smallest absolute Gasteiger partial charge is 0.310 e. The zero-order chi connectivity index (χ0) is 16.7. The summed E-state index contributed by atoms with van der Waals surface area (Å²) in [5.41, 5.74) is 0. The molecule has 0 aromatic rings. The Kier molecular flexibility index (Phi) is 7.30. The number of amides is 1. The van der Waals surface area contributed by atoms with Crippen LogP contribution in [0.2, 0.25) is 0 Å². The average molecular weight is 326 g/mol. The highest BCUT2D eigenvalue weighted by Crippen LogP contribution is 2.23. The van der Waals surface area contributed by atoms with Gasteiger partial charge in [0.1, 0.15) is 0 Å². The molecule has 0 aromatic carbocycles. The number of aliphatic hydroxyl groups excluding tert-OH is 1. The molecule has 0 radical (unpaired) electrons. The van der Waals surface area contributed by atoms with Crippen LogP contribution in [0.15, 0.2) is 0 Å². The predicted molar refractivity (Wildman–Crippen MR) is 86.9 cm³/mol. The maximum atomic E-state index is 12.6. The Morgan fingerprint density at radius 3 is 2.74 bits per heavy atom. The molecule has 1 amide bonds. The van der Waals surface area contributed by atoms with E-state index >= 15 is 0 Å². The van der Waals surface area contributed by atoms with Crippen LogP contribution in [0.1, 0.15) is 45.4 Å². The lowest BCUT2D eigenvalue weighted by atomic mass is 9.98. The maximum Gasteiger partial charge on any atom is 0.310 e. The first-order valence-electron chi connectivity index (χ1n) is 8.95. The Morgan fingerprint density at radius 1 is 1.22 bits per heavy atom. The van der Waals surface area contributed by atoms with Crippen LogP contribution in [0, 0.1) is 5.92 Å². The van der Waals surface area contributed by atoms with E-state index in [1.54, 1.807) is 0 Å². The molecule has 2 rings (SSSR count). The van der Waals surface area contributed by atoms with Gasteiger partial charge in [0.05, 0.1) is 19.1 Å². The summed E-state index contributed by atoms with van der Waals surface area (Å²) in [4.78, 5) is 28.5. The van der Waals surface area contributed by atoms with Gasteiger partial charge in [0.25, 0.3) is 0 Å². The number of hydrogen-bond acceptors (Lipinski definition) is 5. The molecule has 2 heterocycles. The number of nitrogens with zero attached hydrogens (tertiary/aromatic N) is 2. The van der Waals surface area contributed by atoms with Crippen molar-refractivity contribution in [1.29, 1.82) is 0 Å². The first-order valence-corrected chi connectivity index (χ1v) is 8.95. The van der Waals surface area contributed by atoms with Gasteiger partial charge < -0.3 is 14.7 Å². The second kappa shape index (κ2) is 9.23. The first-order chi connectivity index (χ1) is 11.2. The summed E-state index contributed by atoms with van der Waals surface area (Å²) in [7, 11) is 0. The van der Waals surface area contributed by atoms with Crippen molar-refractivity contribution in [3.63, 3.8) is 0 Å². The lowest BCUT2D eigenvalue weighted by Gasteiger charge is -2.33. The Hall–Kier alpha value is -1.14. The Labute approximate surface area is 138 Å². The topological polar surface area (TPSA) is 70.1 Å². The van der Waals surface area contributed by atoms with E-state index in [1.807, 2.05) is 11.8 Å². The van der Waals surface area contributed by atoms with Crippen LogP contribution < -0.4 is 0 Å². The second-order valence-electron chi connectivity index (χ2n) is 6.56. The summed E-state index contributed by atoms with van der Waals surface area (Å²) >= 11 is 0. The van der Waals surface area contributed by atoms with E-state index in [9.17, 15) is 9.59 Å². The number of carbonyl (C=O) groups excluding carboxylic acids is 2. The average Bonchev–Trinajstić information content (AvgIpc) is 3.00. The van der Waals surface area contributed by atoms with Crippen LogP contribution in [-0.4, -0.2) is 72.2 Å². The van der Waals surface area contributed by atoms with Crippen LogP contribution in [0.4, 0.5) is 0 Å². The van der Waals surface area contributed by atoms with Gasteiger partial charge in [-0.25, -0.2) is 0 Å². The summed E-state index contributed by atoms with van der Waals surface area (Å²) in [6.45, 7) is 5.04. The minimum atomic E-state index is -0.174. The van der Waals surface area contributed by atoms with E-state index in [4.69, 9.17) is 9.84 Å². The minimum absolute atomic E-state index is 0.120. The Morgan fingerprint density at radius 2 is 2.00 bits per heavy atom. The molecule has 0 aromatic heterocycles. The van der Waals surface area contributed by atoms with Gasteiger partial charge in [-0.2, -0.15) is 0 Å². The van der Waals surface area contributed by atoms with E-state index in [1.165, 1.54) is 0 Å². The lowest BCUT2D eigenvalue weighted by molar-refractivity contribution is -0.151. The quantitative estimate of drug-likeness (QED) is 0.708. The number of piperidine rings is 1. The Balaban J connectivity index is 1.83. The van der Waals surface area contributed by atoms with Crippen molar-refractivity contribution < 1.29 is 19.4 Å². The molecule has 0 bridgehead atoms. The summed E-state index contributed by atoms with van der Waals surface area (Å²) in [5.74, 6) is -0.224. The van der Waals surface area contributed by atoms with Crippen LogP contribution >= 0.6 is 0 Å². The molecule has 0 saturated carbocycles. The largest absolute Gasteiger partial charge is 0.466 e. The fourth-order valence-corrected chi connectivity index (χ4v) is 3.69. The van der Waals surface area contributed by atoms with Crippen molar-refractivity contribution in [3.05, 3.63) is 0 Å². The fourth-order valence-electron chi connectivity index (χ4n) is 3.69. The molecule has 2 aliphatic rings. The van der Waals surface area contributed by atoms with Crippen molar-refractivity contribution >= 4 is 11.9 Å². The maximum absolute atomic E-state index is 12.6. The van der Waals surface area contributed by atoms with Gasteiger partial charge in [0, 0.05) is 25.7 Å². The van der Waals surface area contributed by atoms with Gasteiger partial charge in [-0.3, -0.25) is 14.5 Å². The summed E-state index contributed by atoms with van der Waals surface area (Å²) < 4.78 is 5.09. The Bertz CT molecular complexity index is 402. The zero-order valence-electron chi connectivity index (χ0n) is 14.2. The molecule has 2 saturated heterocycles. The van der Waals surface area contributed by atoms with E-state index in [-0.39, 0.29) is 24.4 Å². The van der Waals surface area contributed by atoms with Gasteiger partial charge in [-0.05, 0) is 52.0 Å². The molecule has 1 N–H and O–H groups in total.